The van der Waals surface area contributed by atoms with E-state index in [1.165, 1.54) is 18.2 Å². The van der Waals surface area contributed by atoms with Crippen molar-refractivity contribution in [2.75, 3.05) is 0 Å². The van der Waals surface area contributed by atoms with Crippen molar-refractivity contribution < 1.29 is 13.2 Å². The minimum Gasteiger partial charge on any atom is -0.308 e. The van der Waals surface area contributed by atoms with Crippen LogP contribution in [0.15, 0.2) is 36.4 Å². The molecule has 0 aromatic heterocycles. The van der Waals surface area contributed by atoms with Gasteiger partial charge in [-0.2, -0.15) is 0 Å². The first-order valence-electron chi connectivity index (χ1n) is 5.65. The molecule has 0 bridgehead atoms. The zero-order valence-electron chi connectivity index (χ0n) is 9.89. The Hall–Kier alpha value is -1.52. The van der Waals surface area contributed by atoms with Gasteiger partial charge in [0.2, 0.25) is 0 Å². The second kappa shape index (κ2) is 6.08. The lowest BCUT2D eigenvalue weighted by Gasteiger charge is -2.08. The molecule has 0 aliphatic rings. The monoisotopic (exact) mass is 285 g/mol. The van der Waals surface area contributed by atoms with E-state index in [0.29, 0.717) is 22.7 Å². The fourth-order valence-corrected chi connectivity index (χ4v) is 1.91. The van der Waals surface area contributed by atoms with Crippen LogP contribution in [0.25, 0.3) is 0 Å². The van der Waals surface area contributed by atoms with Crippen LogP contribution < -0.4 is 5.32 Å². The van der Waals surface area contributed by atoms with Crippen molar-refractivity contribution in [3.05, 3.63) is 70.0 Å². The van der Waals surface area contributed by atoms with Crippen LogP contribution >= 0.6 is 11.6 Å². The maximum Gasteiger partial charge on any atom is 0.159 e. The number of halogens is 4. The second-order valence-corrected chi connectivity index (χ2v) is 4.46. The Morgan fingerprint density at radius 2 is 1.68 bits per heavy atom. The maximum absolute atomic E-state index is 13.5. The molecule has 0 fully saturated rings. The van der Waals surface area contributed by atoms with Crippen LogP contribution in [0.4, 0.5) is 13.2 Å². The molecule has 0 spiro atoms. The third-order valence-corrected chi connectivity index (χ3v) is 3.03. The molecule has 1 nitrogen and oxygen atoms in total. The lowest BCUT2D eigenvalue weighted by Crippen LogP contribution is -2.14. The Kier molecular flexibility index (Phi) is 4.45. The van der Waals surface area contributed by atoms with Crippen LogP contribution in [-0.4, -0.2) is 0 Å². The molecule has 2 aromatic carbocycles. The first-order chi connectivity index (χ1) is 9.08. The van der Waals surface area contributed by atoms with E-state index in [4.69, 9.17) is 11.6 Å². The van der Waals surface area contributed by atoms with Crippen LogP contribution in [0.1, 0.15) is 11.1 Å². The SMILES string of the molecule is Fc1ccc(CNCc2c(F)cccc2Cl)cc1F. The summed E-state index contributed by atoms with van der Waals surface area (Å²) in [5.41, 5.74) is 0.929. The van der Waals surface area contributed by atoms with Crippen LogP contribution in [0.3, 0.4) is 0 Å². The molecule has 2 aromatic rings. The van der Waals surface area contributed by atoms with Gasteiger partial charge in [-0.25, -0.2) is 13.2 Å². The average Bonchev–Trinajstić information content (AvgIpc) is 2.37. The predicted molar refractivity (Wildman–Crippen MR) is 68.3 cm³/mol. The first-order valence-corrected chi connectivity index (χ1v) is 6.03. The minimum atomic E-state index is -0.900. The predicted octanol–water partition coefficient (Wildman–Crippen LogP) is 4.05. The molecule has 0 aliphatic carbocycles. The Labute approximate surface area is 114 Å². The Morgan fingerprint density at radius 1 is 0.895 bits per heavy atom. The third kappa shape index (κ3) is 3.49. The summed E-state index contributed by atoms with van der Waals surface area (Å²) in [7, 11) is 0. The number of hydrogen-bond donors (Lipinski definition) is 1. The van der Waals surface area contributed by atoms with Gasteiger partial charge in [-0.05, 0) is 29.8 Å². The highest BCUT2D eigenvalue weighted by Gasteiger charge is 2.07. The van der Waals surface area contributed by atoms with Gasteiger partial charge in [0, 0.05) is 23.7 Å². The van der Waals surface area contributed by atoms with Gasteiger partial charge in [-0.15, -0.1) is 0 Å². The van der Waals surface area contributed by atoms with Gasteiger partial charge >= 0.3 is 0 Å². The second-order valence-electron chi connectivity index (χ2n) is 4.05. The van der Waals surface area contributed by atoms with Crippen LogP contribution in [0.5, 0.6) is 0 Å². The van der Waals surface area contributed by atoms with E-state index in [1.54, 1.807) is 6.07 Å². The van der Waals surface area contributed by atoms with E-state index in [9.17, 15) is 13.2 Å². The molecule has 100 valence electrons. The quantitative estimate of drug-likeness (QED) is 0.894. The molecule has 1 N–H and O–H groups in total. The largest absolute Gasteiger partial charge is 0.308 e. The molecule has 5 heteroatoms. The Morgan fingerprint density at radius 3 is 2.37 bits per heavy atom. The van der Waals surface area contributed by atoms with Crippen LogP contribution in [0.2, 0.25) is 5.02 Å². The van der Waals surface area contributed by atoms with Crippen molar-refractivity contribution in [3.8, 4) is 0 Å². The van der Waals surface area contributed by atoms with E-state index in [-0.39, 0.29) is 6.54 Å². The normalized spacial score (nSPS) is 10.7. The van der Waals surface area contributed by atoms with Gasteiger partial charge in [-0.1, -0.05) is 23.7 Å². The summed E-state index contributed by atoms with van der Waals surface area (Å²) < 4.78 is 39.2. The van der Waals surface area contributed by atoms with Gasteiger partial charge in [0.15, 0.2) is 11.6 Å². The highest BCUT2D eigenvalue weighted by molar-refractivity contribution is 6.31. The average molecular weight is 286 g/mol. The van der Waals surface area contributed by atoms with E-state index in [1.807, 2.05) is 0 Å². The molecule has 0 radical (unpaired) electrons. The Balaban J connectivity index is 1.98. The molecule has 0 amide bonds. The zero-order chi connectivity index (χ0) is 13.8. The van der Waals surface area contributed by atoms with E-state index in [0.717, 1.165) is 12.1 Å². The summed E-state index contributed by atoms with van der Waals surface area (Å²) in [5.74, 6) is -2.19. The standard InChI is InChI=1S/C14H11ClF3N/c15-11-2-1-3-12(16)10(11)8-19-7-9-4-5-13(17)14(18)6-9/h1-6,19H,7-8H2. The van der Waals surface area contributed by atoms with Crippen LogP contribution in [-0.2, 0) is 13.1 Å². The number of benzene rings is 2. The maximum atomic E-state index is 13.5. The first kappa shape index (κ1) is 13.9. The Bertz CT molecular complexity index is 567. The van der Waals surface area contributed by atoms with Crippen molar-refractivity contribution in [2.24, 2.45) is 0 Å². The van der Waals surface area contributed by atoms with Crippen LogP contribution in [0, 0.1) is 17.5 Å². The van der Waals surface area contributed by atoms with Gasteiger partial charge in [0.05, 0.1) is 0 Å². The summed E-state index contributed by atoms with van der Waals surface area (Å²) in [6, 6.07) is 8.07. The van der Waals surface area contributed by atoms with Gasteiger partial charge in [0.25, 0.3) is 0 Å². The number of rotatable bonds is 4. The van der Waals surface area contributed by atoms with Crippen molar-refractivity contribution >= 4 is 11.6 Å². The van der Waals surface area contributed by atoms with E-state index >= 15 is 0 Å². The van der Waals surface area contributed by atoms with Gasteiger partial charge in [0.1, 0.15) is 5.82 Å². The molecule has 0 atom stereocenters. The summed E-state index contributed by atoms with van der Waals surface area (Å²) in [6.07, 6.45) is 0. The lowest BCUT2D eigenvalue weighted by atomic mass is 10.2. The third-order valence-electron chi connectivity index (χ3n) is 2.68. The molecule has 0 unspecified atom stereocenters. The molecule has 2 rings (SSSR count). The van der Waals surface area contributed by atoms with Crippen molar-refractivity contribution in [1.29, 1.82) is 0 Å². The summed E-state index contributed by atoms with van der Waals surface area (Å²) in [6.45, 7) is 0.506. The smallest absolute Gasteiger partial charge is 0.159 e. The molecular formula is C14H11ClF3N. The fourth-order valence-electron chi connectivity index (χ4n) is 1.68. The van der Waals surface area contributed by atoms with E-state index < -0.39 is 17.5 Å². The van der Waals surface area contributed by atoms with Crippen molar-refractivity contribution in [3.63, 3.8) is 0 Å². The molecular weight excluding hydrogens is 275 g/mol. The lowest BCUT2D eigenvalue weighted by molar-refractivity contribution is 0.505. The number of hydrogen-bond acceptors (Lipinski definition) is 1. The van der Waals surface area contributed by atoms with Crippen molar-refractivity contribution in [1.82, 2.24) is 5.32 Å². The highest BCUT2D eigenvalue weighted by Crippen LogP contribution is 2.18. The molecule has 19 heavy (non-hydrogen) atoms. The fraction of sp³-hybridized carbons (Fsp3) is 0.143. The van der Waals surface area contributed by atoms with Gasteiger partial charge in [-0.3, -0.25) is 0 Å². The molecule has 0 aliphatic heterocycles. The molecule has 0 saturated carbocycles. The number of nitrogens with one attached hydrogen (secondary N) is 1. The van der Waals surface area contributed by atoms with E-state index in [2.05, 4.69) is 5.32 Å². The summed E-state index contributed by atoms with van der Waals surface area (Å²) >= 11 is 5.87. The summed E-state index contributed by atoms with van der Waals surface area (Å²) in [5, 5.41) is 3.26. The zero-order valence-corrected chi connectivity index (χ0v) is 10.6. The molecule has 0 saturated heterocycles. The molecule has 0 heterocycles. The topological polar surface area (TPSA) is 12.0 Å². The minimum absolute atomic E-state index is 0.213. The van der Waals surface area contributed by atoms with Crippen molar-refractivity contribution in [2.45, 2.75) is 13.1 Å². The highest BCUT2D eigenvalue weighted by atomic mass is 35.5. The van der Waals surface area contributed by atoms with Gasteiger partial charge < -0.3 is 5.32 Å². The summed E-state index contributed by atoms with van der Waals surface area (Å²) in [4.78, 5) is 0.